The molecule has 0 radical (unpaired) electrons. The topological polar surface area (TPSA) is 94.5 Å². The van der Waals surface area contributed by atoms with E-state index in [-0.39, 0.29) is 12.4 Å². The first-order valence-electron chi connectivity index (χ1n) is 4.03. The molecule has 0 unspecified atom stereocenters. The van der Waals surface area contributed by atoms with E-state index in [0.29, 0.717) is 17.4 Å². The monoisotopic (exact) mass is 216 g/mol. The number of thiazole rings is 1. The highest BCUT2D eigenvalue weighted by Crippen LogP contribution is 2.16. The maximum absolute atomic E-state index is 11.1. The van der Waals surface area contributed by atoms with Gasteiger partial charge >= 0.3 is 5.97 Å². The molecule has 78 valence electrons. The van der Waals surface area contributed by atoms with E-state index in [1.165, 1.54) is 11.3 Å². The van der Waals surface area contributed by atoms with Gasteiger partial charge in [0.25, 0.3) is 0 Å². The number of nitrogens with zero attached hydrogens (tertiary/aromatic N) is 2. The first-order valence-corrected chi connectivity index (χ1v) is 4.91. The van der Waals surface area contributed by atoms with E-state index in [4.69, 9.17) is 16.4 Å². The van der Waals surface area contributed by atoms with Gasteiger partial charge < -0.3 is 4.74 Å². The van der Waals surface area contributed by atoms with Crippen LogP contribution in [-0.4, -0.2) is 17.6 Å². The Morgan fingerprint density at radius 2 is 2.43 bits per heavy atom. The molecule has 0 saturated heterocycles. The zero-order valence-corrected chi connectivity index (χ0v) is 8.58. The zero-order chi connectivity index (χ0) is 10.6. The lowest BCUT2D eigenvalue weighted by Gasteiger charge is -2.04. The number of hydrogen-bond donors (Lipinski definition) is 2. The third-order valence-corrected chi connectivity index (χ3v) is 2.29. The minimum absolute atomic E-state index is 0.151. The van der Waals surface area contributed by atoms with Crippen LogP contribution >= 0.6 is 11.3 Å². The number of aromatic nitrogens is 1. The average Bonchev–Trinajstić information content (AvgIpc) is 2.53. The van der Waals surface area contributed by atoms with Crippen molar-refractivity contribution >= 4 is 22.4 Å². The molecule has 0 saturated carbocycles. The molecule has 1 aromatic heterocycles. The van der Waals surface area contributed by atoms with Crippen LogP contribution in [0.2, 0.25) is 0 Å². The van der Waals surface area contributed by atoms with Crippen LogP contribution in [0.3, 0.4) is 0 Å². The third-order valence-electron chi connectivity index (χ3n) is 1.39. The molecule has 6 nitrogen and oxygen atoms in total. The van der Waals surface area contributed by atoms with Crippen LogP contribution in [0.15, 0.2) is 5.38 Å². The molecule has 0 spiro atoms. The largest absolute Gasteiger partial charge is 0.466 e. The van der Waals surface area contributed by atoms with E-state index in [9.17, 15) is 4.79 Å². The lowest BCUT2D eigenvalue weighted by atomic mass is 10.3. The number of ether oxygens (including phenoxy) is 1. The van der Waals surface area contributed by atoms with Crippen molar-refractivity contribution in [2.24, 2.45) is 11.7 Å². The van der Waals surface area contributed by atoms with Crippen LogP contribution in [-0.2, 0) is 16.0 Å². The Bertz CT molecular complexity index is 312. The van der Waals surface area contributed by atoms with Crippen LogP contribution in [0.25, 0.3) is 0 Å². The molecule has 0 bridgehead atoms. The van der Waals surface area contributed by atoms with E-state index in [1.807, 2.05) is 0 Å². The SMILES string of the molecule is CCOC(=O)Cc1csc(N(N)N)n1. The van der Waals surface area contributed by atoms with Gasteiger partial charge in [-0.15, -0.1) is 11.3 Å². The summed E-state index contributed by atoms with van der Waals surface area (Å²) in [6.45, 7) is 2.13. The highest BCUT2D eigenvalue weighted by molar-refractivity contribution is 7.13. The van der Waals surface area contributed by atoms with Gasteiger partial charge in [0.15, 0.2) is 0 Å². The maximum atomic E-state index is 11.1. The summed E-state index contributed by atoms with van der Waals surface area (Å²) in [5, 5.41) is 3.10. The van der Waals surface area contributed by atoms with Crippen molar-refractivity contribution in [1.82, 2.24) is 4.98 Å². The lowest BCUT2D eigenvalue weighted by molar-refractivity contribution is -0.142. The normalized spacial score (nSPS) is 9.93. The van der Waals surface area contributed by atoms with Crippen molar-refractivity contribution < 1.29 is 9.53 Å². The Hall–Kier alpha value is -1.18. The Kier molecular flexibility index (Phi) is 3.81. The van der Waals surface area contributed by atoms with Gasteiger partial charge in [0, 0.05) is 5.38 Å². The highest BCUT2D eigenvalue weighted by Gasteiger charge is 2.09. The number of hydrazine groups is 2. The minimum Gasteiger partial charge on any atom is -0.466 e. The van der Waals surface area contributed by atoms with Crippen LogP contribution < -0.4 is 16.8 Å². The van der Waals surface area contributed by atoms with Gasteiger partial charge in [-0.05, 0) is 6.92 Å². The summed E-state index contributed by atoms with van der Waals surface area (Å²) in [6.07, 6.45) is 0.151. The van der Waals surface area contributed by atoms with Gasteiger partial charge in [-0.3, -0.25) is 4.79 Å². The molecule has 0 aliphatic rings. The molecule has 0 fully saturated rings. The first kappa shape index (κ1) is 10.9. The fourth-order valence-corrected chi connectivity index (χ4v) is 1.53. The van der Waals surface area contributed by atoms with Crippen LogP contribution in [0.4, 0.5) is 5.13 Å². The smallest absolute Gasteiger partial charge is 0.311 e. The Balaban J connectivity index is 2.55. The summed E-state index contributed by atoms with van der Waals surface area (Å²) in [7, 11) is 0. The molecular formula is C7H12N4O2S. The van der Waals surface area contributed by atoms with E-state index in [1.54, 1.807) is 12.3 Å². The van der Waals surface area contributed by atoms with Crippen molar-refractivity contribution in [2.75, 3.05) is 11.7 Å². The number of anilines is 1. The van der Waals surface area contributed by atoms with Gasteiger partial charge in [-0.2, -0.15) is 0 Å². The molecule has 0 aliphatic carbocycles. The van der Waals surface area contributed by atoms with Crippen molar-refractivity contribution in [2.45, 2.75) is 13.3 Å². The first-order chi connectivity index (χ1) is 6.63. The fourth-order valence-electron chi connectivity index (χ4n) is 0.856. The van der Waals surface area contributed by atoms with Gasteiger partial charge in [-0.1, -0.05) is 0 Å². The second kappa shape index (κ2) is 4.89. The highest BCUT2D eigenvalue weighted by atomic mass is 32.1. The molecule has 0 atom stereocenters. The maximum Gasteiger partial charge on any atom is 0.311 e. The van der Waals surface area contributed by atoms with Gasteiger partial charge in [0.1, 0.15) is 0 Å². The summed E-state index contributed by atoms with van der Waals surface area (Å²) in [4.78, 5) is 15.1. The van der Waals surface area contributed by atoms with E-state index >= 15 is 0 Å². The average molecular weight is 216 g/mol. The van der Waals surface area contributed by atoms with Crippen molar-refractivity contribution in [3.63, 3.8) is 0 Å². The van der Waals surface area contributed by atoms with Crippen molar-refractivity contribution in [3.05, 3.63) is 11.1 Å². The second-order valence-electron chi connectivity index (χ2n) is 2.51. The van der Waals surface area contributed by atoms with Crippen molar-refractivity contribution in [3.8, 4) is 0 Å². The van der Waals surface area contributed by atoms with Gasteiger partial charge in [0.2, 0.25) is 5.13 Å². The number of carbonyl (C=O) groups excluding carboxylic acids is 1. The quantitative estimate of drug-likeness (QED) is 0.411. The van der Waals surface area contributed by atoms with Crippen LogP contribution in [0.1, 0.15) is 12.6 Å². The Morgan fingerprint density at radius 3 is 2.93 bits per heavy atom. The van der Waals surface area contributed by atoms with E-state index in [2.05, 4.69) is 4.98 Å². The molecular weight excluding hydrogens is 204 g/mol. The molecule has 7 heteroatoms. The molecule has 1 rings (SSSR count). The Morgan fingerprint density at radius 1 is 1.71 bits per heavy atom. The lowest BCUT2D eigenvalue weighted by Crippen LogP contribution is -2.37. The fraction of sp³-hybridized carbons (Fsp3) is 0.429. The number of esters is 1. The molecule has 0 amide bonds. The molecule has 1 aromatic rings. The summed E-state index contributed by atoms with van der Waals surface area (Å²) < 4.78 is 4.77. The van der Waals surface area contributed by atoms with E-state index in [0.717, 1.165) is 5.12 Å². The number of rotatable bonds is 4. The van der Waals surface area contributed by atoms with Crippen LogP contribution in [0.5, 0.6) is 0 Å². The van der Waals surface area contributed by atoms with Crippen LogP contribution in [0, 0.1) is 0 Å². The number of hydrogen-bond acceptors (Lipinski definition) is 7. The third kappa shape index (κ3) is 2.95. The van der Waals surface area contributed by atoms with E-state index < -0.39 is 0 Å². The predicted octanol–water partition coefficient (Wildman–Crippen LogP) is -0.197. The molecule has 1 heterocycles. The van der Waals surface area contributed by atoms with Gasteiger partial charge in [-0.25, -0.2) is 21.8 Å². The van der Waals surface area contributed by atoms with Gasteiger partial charge in [0.05, 0.1) is 18.7 Å². The molecule has 4 N–H and O–H groups in total. The Labute approximate surface area is 85.4 Å². The summed E-state index contributed by atoms with van der Waals surface area (Å²) >= 11 is 1.27. The standard InChI is InChI=1S/C7H12N4O2S/c1-2-13-6(12)3-5-4-14-7(10-5)11(8)9/h4H,2-3,8-9H2,1H3. The molecule has 0 aromatic carbocycles. The summed E-state index contributed by atoms with van der Waals surface area (Å²) in [5.41, 5.74) is 0.615. The second-order valence-corrected chi connectivity index (χ2v) is 3.35. The zero-order valence-electron chi connectivity index (χ0n) is 7.77. The summed E-state index contributed by atoms with van der Waals surface area (Å²) in [6, 6.07) is 0. The predicted molar refractivity (Wildman–Crippen MR) is 53.3 cm³/mol. The minimum atomic E-state index is -0.301. The number of nitrogens with two attached hydrogens (primary N) is 2. The van der Waals surface area contributed by atoms with Crippen molar-refractivity contribution in [1.29, 1.82) is 0 Å². The molecule has 0 aliphatic heterocycles. The summed E-state index contributed by atoms with van der Waals surface area (Å²) in [5.74, 6) is 10.2. The number of carbonyl (C=O) groups is 1. The molecule has 14 heavy (non-hydrogen) atoms.